The summed E-state index contributed by atoms with van der Waals surface area (Å²) in [6.45, 7) is 0. The lowest BCUT2D eigenvalue weighted by Crippen LogP contribution is -2.76. The van der Waals surface area contributed by atoms with Crippen molar-refractivity contribution >= 4 is 5.78 Å². The molecule has 0 aromatic heterocycles. The molecule has 0 radical (unpaired) electrons. The molecule has 0 amide bonds. The van der Waals surface area contributed by atoms with Gasteiger partial charge in [0.1, 0.15) is 0 Å². The van der Waals surface area contributed by atoms with Gasteiger partial charge in [-0.25, -0.2) is 0 Å². The maximum Gasteiger partial charge on any atom is 0.460 e. The summed E-state index contributed by atoms with van der Waals surface area (Å²) in [6, 6.07) is 0.778. The van der Waals surface area contributed by atoms with E-state index in [9.17, 15) is 88.2 Å². The lowest BCUT2D eigenvalue weighted by Gasteiger charge is -2.43. The molecule has 0 aromatic rings. The number of nitrogens with zero attached hydrogens (tertiary/aromatic N) is 1. The number of carbonyl (C=O) groups excluding carboxylic acids is 1. The summed E-state index contributed by atoms with van der Waals surface area (Å²) < 4.78 is 247. The van der Waals surface area contributed by atoms with Crippen molar-refractivity contribution in [3.63, 3.8) is 0 Å². The average Bonchev–Trinajstić information content (AvgIpc) is 2.63. The highest BCUT2D eigenvalue weighted by Gasteiger charge is 2.97. The maximum absolute atomic E-state index is 13.4. The topological polar surface area (TPSA) is 40.9 Å². The van der Waals surface area contributed by atoms with E-state index < -0.39 is 72.2 Å². The van der Waals surface area contributed by atoms with Gasteiger partial charge in [0.15, 0.2) is 0 Å². The molecule has 0 rings (SSSR count). The van der Waals surface area contributed by atoms with Crippen LogP contribution >= 0.6 is 0 Å². The molecule has 0 saturated carbocycles. The number of hydrogen-bond donors (Lipinski definition) is 0. The predicted molar refractivity (Wildman–Crippen MR) is 65.5 cm³/mol. The Morgan fingerprint density at radius 1 is 0.500 bits per heavy atom. The molecule has 0 spiro atoms. The number of nitriles is 1. The molecule has 0 saturated heterocycles. The van der Waals surface area contributed by atoms with Crippen molar-refractivity contribution in [1.29, 1.82) is 5.26 Å². The smallest absolute Gasteiger partial charge is 0.293 e. The Balaban J connectivity index is 6.89. The van der Waals surface area contributed by atoms with Gasteiger partial charge in [0.25, 0.3) is 0 Å². The zero-order valence-corrected chi connectivity index (χ0v) is 15.0. The summed E-state index contributed by atoms with van der Waals surface area (Å²) in [4.78, 5) is 10.9. The van der Waals surface area contributed by atoms with E-state index in [0.717, 1.165) is 6.07 Å². The molecular formula is C13H4F19NO. The van der Waals surface area contributed by atoms with E-state index >= 15 is 0 Å². The standard InChI is InChI=1S/C13H4F19NO/c14-5(15,4(34)2-1-3-33)6(16,17)7(18,19)8(20,21)9(22,23)10(24,25)11(26,27)12(28,29)13(30,31)32/h1-2H2. The van der Waals surface area contributed by atoms with Crippen LogP contribution in [-0.4, -0.2) is 59.3 Å². The maximum atomic E-state index is 13.4. The van der Waals surface area contributed by atoms with Crippen LogP contribution < -0.4 is 0 Å². The highest BCUT2D eigenvalue weighted by molar-refractivity contribution is 5.87. The van der Waals surface area contributed by atoms with Crippen molar-refractivity contribution in [2.24, 2.45) is 0 Å². The van der Waals surface area contributed by atoms with Crippen molar-refractivity contribution in [2.45, 2.75) is 66.4 Å². The molecule has 0 N–H and O–H groups in total. The monoisotopic (exact) mass is 551 g/mol. The molecule has 21 heteroatoms. The van der Waals surface area contributed by atoms with Crippen molar-refractivity contribution in [3.8, 4) is 6.07 Å². The molecule has 34 heavy (non-hydrogen) atoms. The minimum Gasteiger partial charge on any atom is -0.293 e. The number of alkyl halides is 19. The Kier molecular flexibility index (Phi) is 7.68. The Labute approximate surface area is 173 Å². The van der Waals surface area contributed by atoms with Crippen LogP contribution in [0.4, 0.5) is 83.4 Å². The molecule has 200 valence electrons. The third-order valence-corrected chi connectivity index (χ3v) is 3.93. The molecule has 0 atom stereocenters. The Morgan fingerprint density at radius 2 is 0.765 bits per heavy atom. The molecule has 0 aliphatic heterocycles. The van der Waals surface area contributed by atoms with E-state index in [4.69, 9.17) is 5.26 Å². The van der Waals surface area contributed by atoms with Gasteiger partial charge in [-0.1, -0.05) is 0 Å². The Hall–Kier alpha value is -2.17. The van der Waals surface area contributed by atoms with Crippen molar-refractivity contribution in [1.82, 2.24) is 0 Å². The fourth-order valence-electron chi connectivity index (χ4n) is 1.86. The number of hydrogen-bond acceptors (Lipinski definition) is 2. The highest BCUT2D eigenvalue weighted by Crippen LogP contribution is 2.65. The second-order valence-electron chi connectivity index (χ2n) is 6.17. The van der Waals surface area contributed by atoms with Gasteiger partial charge < -0.3 is 0 Å². The Morgan fingerprint density at radius 3 is 1.03 bits per heavy atom. The van der Waals surface area contributed by atoms with Crippen LogP contribution in [0.25, 0.3) is 0 Å². The third-order valence-electron chi connectivity index (χ3n) is 3.93. The van der Waals surface area contributed by atoms with E-state index in [-0.39, 0.29) is 0 Å². The molecule has 0 aliphatic carbocycles. The second kappa shape index (κ2) is 8.20. The van der Waals surface area contributed by atoms with Gasteiger partial charge in [-0.3, -0.25) is 4.79 Å². The number of halogens is 19. The zero-order valence-electron chi connectivity index (χ0n) is 15.0. The highest BCUT2D eigenvalue weighted by atomic mass is 19.4. The third kappa shape index (κ3) is 3.89. The number of rotatable bonds is 10. The molecule has 0 unspecified atom stereocenters. The summed E-state index contributed by atoms with van der Waals surface area (Å²) >= 11 is 0. The van der Waals surface area contributed by atoms with Crippen LogP contribution in [0.1, 0.15) is 12.8 Å². The fraction of sp³-hybridized carbons (Fsp3) is 0.846. The van der Waals surface area contributed by atoms with E-state index in [1.165, 1.54) is 0 Å². The van der Waals surface area contributed by atoms with Crippen molar-refractivity contribution in [3.05, 3.63) is 0 Å². The van der Waals surface area contributed by atoms with Gasteiger partial charge in [-0.05, 0) is 0 Å². The number of ketones is 1. The lowest BCUT2D eigenvalue weighted by atomic mass is 9.86. The summed E-state index contributed by atoms with van der Waals surface area (Å²) in [5, 5.41) is 7.97. The van der Waals surface area contributed by atoms with Gasteiger partial charge in [0.2, 0.25) is 5.78 Å². The van der Waals surface area contributed by atoms with Gasteiger partial charge >= 0.3 is 53.6 Å². The van der Waals surface area contributed by atoms with Crippen molar-refractivity contribution in [2.75, 3.05) is 0 Å². The quantitative estimate of drug-likeness (QED) is 0.291. The van der Waals surface area contributed by atoms with E-state index in [2.05, 4.69) is 0 Å². The van der Waals surface area contributed by atoms with Crippen LogP contribution in [0.2, 0.25) is 0 Å². The first-order valence-corrected chi connectivity index (χ1v) is 7.48. The Bertz CT molecular complexity index is 817. The van der Waals surface area contributed by atoms with Crippen LogP contribution in [-0.2, 0) is 4.79 Å². The summed E-state index contributed by atoms with van der Waals surface area (Å²) in [5.74, 6) is -71.7. The number of carbonyl (C=O) groups is 1. The van der Waals surface area contributed by atoms with E-state index in [1.54, 1.807) is 0 Å². The molecular weight excluding hydrogens is 547 g/mol. The van der Waals surface area contributed by atoms with Crippen molar-refractivity contribution < 1.29 is 88.2 Å². The lowest BCUT2D eigenvalue weighted by molar-refractivity contribution is -0.467. The van der Waals surface area contributed by atoms with Crippen LogP contribution in [0, 0.1) is 11.3 Å². The van der Waals surface area contributed by atoms with Crippen LogP contribution in [0.15, 0.2) is 0 Å². The first-order valence-electron chi connectivity index (χ1n) is 7.48. The SMILES string of the molecule is N#CCCC(=O)C(F)(F)C(F)(F)C(F)(F)C(F)(F)C(F)(F)C(F)(F)C(F)(F)C(F)(F)C(F)(F)F. The predicted octanol–water partition coefficient (Wildman–Crippen LogP) is 6.50. The molecule has 0 aliphatic rings. The first kappa shape index (κ1) is 31.8. The van der Waals surface area contributed by atoms with Gasteiger partial charge in [0.05, 0.1) is 6.07 Å². The van der Waals surface area contributed by atoms with Gasteiger partial charge in [-0.2, -0.15) is 88.7 Å². The minimum absolute atomic E-state index is 0.778. The fourth-order valence-corrected chi connectivity index (χ4v) is 1.86. The minimum atomic E-state index is -9.03. The summed E-state index contributed by atoms with van der Waals surface area (Å²) in [5.41, 5.74) is 0. The molecule has 0 heterocycles. The average molecular weight is 551 g/mol. The molecule has 0 fully saturated rings. The first-order chi connectivity index (χ1) is 14.5. The largest absolute Gasteiger partial charge is 0.460 e. The molecule has 0 bridgehead atoms. The van der Waals surface area contributed by atoms with Gasteiger partial charge in [-0.15, -0.1) is 0 Å². The summed E-state index contributed by atoms with van der Waals surface area (Å²) in [7, 11) is 0. The van der Waals surface area contributed by atoms with E-state index in [0.29, 0.717) is 0 Å². The van der Waals surface area contributed by atoms with Gasteiger partial charge in [0, 0.05) is 12.8 Å². The van der Waals surface area contributed by atoms with Crippen LogP contribution in [0.3, 0.4) is 0 Å². The molecule has 0 aromatic carbocycles. The van der Waals surface area contributed by atoms with E-state index in [1.807, 2.05) is 0 Å². The zero-order chi connectivity index (χ0) is 28.2. The number of Topliss-reactive ketones (excluding diaryl/α,β-unsaturated/α-hetero) is 1. The summed E-state index contributed by atoms with van der Waals surface area (Å²) in [6.07, 6.45) is -11.6. The molecule has 2 nitrogen and oxygen atoms in total. The van der Waals surface area contributed by atoms with Crippen LogP contribution in [0.5, 0.6) is 0 Å². The normalized spacial score (nSPS) is 15.8. The second-order valence-corrected chi connectivity index (χ2v) is 6.17.